The predicted molar refractivity (Wildman–Crippen MR) is 124 cm³/mol. The van der Waals surface area contributed by atoms with Crippen molar-refractivity contribution < 1.29 is 19.1 Å². The minimum absolute atomic E-state index is 0.0409. The molecule has 8 heteroatoms. The van der Waals surface area contributed by atoms with Crippen molar-refractivity contribution in [3.05, 3.63) is 63.3 Å². The van der Waals surface area contributed by atoms with Crippen molar-refractivity contribution in [3.8, 4) is 11.5 Å². The Morgan fingerprint density at radius 2 is 1.84 bits per heavy atom. The number of ether oxygens (including phenoxy) is 2. The first-order valence-electron chi connectivity index (χ1n) is 10.6. The van der Waals surface area contributed by atoms with Gasteiger partial charge >= 0.3 is 6.03 Å². The summed E-state index contributed by atoms with van der Waals surface area (Å²) < 4.78 is 11.3. The lowest BCUT2D eigenvalue weighted by molar-refractivity contribution is -0.124. The largest absolute Gasteiger partial charge is 0.493 e. The second kappa shape index (κ2) is 9.84. The van der Waals surface area contributed by atoms with E-state index in [0.717, 1.165) is 37.7 Å². The summed E-state index contributed by atoms with van der Waals surface area (Å²) in [6.45, 7) is 0.223. The molecule has 168 valence electrons. The Bertz CT molecular complexity index is 1060. The maximum atomic E-state index is 12.9. The Morgan fingerprint density at radius 1 is 1.09 bits per heavy atom. The standard InChI is InChI=1S/C24H24Cl2N2O4/c1-31-21-13-15(11-19(26)22(21)32-14-16-7-5-6-10-18(16)25)12-20-23(29)28(24(30)27-20)17-8-3-2-4-9-17/h5-7,10-13,17H,2-4,8-9,14H2,1H3,(H,27,30)/b20-12-. The molecule has 2 aliphatic rings. The molecule has 1 aliphatic carbocycles. The van der Waals surface area contributed by atoms with E-state index >= 15 is 0 Å². The third kappa shape index (κ3) is 4.71. The van der Waals surface area contributed by atoms with Crippen LogP contribution in [0.15, 0.2) is 42.1 Å². The number of benzene rings is 2. The molecule has 1 N–H and O–H groups in total. The van der Waals surface area contributed by atoms with Crippen LogP contribution >= 0.6 is 23.2 Å². The fourth-order valence-corrected chi connectivity index (χ4v) is 4.58. The van der Waals surface area contributed by atoms with E-state index in [1.54, 1.807) is 24.3 Å². The van der Waals surface area contributed by atoms with Crippen LogP contribution in [0, 0.1) is 0 Å². The number of carbonyl (C=O) groups is 2. The summed E-state index contributed by atoms with van der Waals surface area (Å²) in [4.78, 5) is 26.7. The summed E-state index contributed by atoms with van der Waals surface area (Å²) in [5.41, 5.74) is 1.66. The molecule has 1 heterocycles. The van der Waals surface area contributed by atoms with E-state index in [1.165, 1.54) is 12.0 Å². The van der Waals surface area contributed by atoms with Crippen LogP contribution in [0.25, 0.3) is 6.08 Å². The van der Waals surface area contributed by atoms with Gasteiger partial charge in [-0.3, -0.25) is 9.69 Å². The van der Waals surface area contributed by atoms with Crippen molar-refractivity contribution >= 4 is 41.2 Å². The Kier molecular flexibility index (Phi) is 6.92. The van der Waals surface area contributed by atoms with Gasteiger partial charge in [0.25, 0.3) is 5.91 Å². The van der Waals surface area contributed by atoms with Crippen molar-refractivity contribution in [1.29, 1.82) is 0 Å². The van der Waals surface area contributed by atoms with Gasteiger partial charge in [0.05, 0.1) is 12.1 Å². The van der Waals surface area contributed by atoms with E-state index in [0.29, 0.717) is 27.1 Å². The van der Waals surface area contributed by atoms with E-state index in [2.05, 4.69) is 5.32 Å². The molecule has 1 saturated carbocycles. The number of nitrogens with zero attached hydrogens (tertiary/aromatic N) is 1. The van der Waals surface area contributed by atoms with Gasteiger partial charge in [0.15, 0.2) is 11.5 Å². The number of amides is 3. The van der Waals surface area contributed by atoms with E-state index in [-0.39, 0.29) is 30.3 Å². The lowest BCUT2D eigenvalue weighted by Gasteiger charge is -2.28. The van der Waals surface area contributed by atoms with Gasteiger partial charge in [0, 0.05) is 16.6 Å². The summed E-state index contributed by atoms with van der Waals surface area (Å²) in [7, 11) is 1.51. The Labute approximate surface area is 197 Å². The zero-order valence-electron chi connectivity index (χ0n) is 17.7. The van der Waals surface area contributed by atoms with Crippen molar-refractivity contribution in [2.24, 2.45) is 0 Å². The van der Waals surface area contributed by atoms with Crippen LogP contribution in [-0.4, -0.2) is 30.0 Å². The molecule has 0 radical (unpaired) electrons. The number of nitrogens with one attached hydrogen (secondary N) is 1. The summed E-state index contributed by atoms with van der Waals surface area (Å²) in [5.74, 6) is 0.482. The van der Waals surface area contributed by atoms with Gasteiger partial charge in [-0.05, 0) is 42.7 Å². The van der Waals surface area contributed by atoms with Gasteiger partial charge in [0.1, 0.15) is 12.3 Å². The van der Waals surface area contributed by atoms with Crippen LogP contribution in [0.1, 0.15) is 43.2 Å². The average molecular weight is 475 g/mol. The summed E-state index contributed by atoms with van der Waals surface area (Å²) in [6, 6.07) is 10.4. The summed E-state index contributed by atoms with van der Waals surface area (Å²) in [6.07, 6.45) is 6.51. The molecule has 4 rings (SSSR count). The summed E-state index contributed by atoms with van der Waals surface area (Å²) in [5, 5.41) is 3.62. The molecule has 2 aromatic carbocycles. The van der Waals surface area contributed by atoms with Crippen molar-refractivity contribution in [1.82, 2.24) is 10.2 Å². The van der Waals surface area contributed by atoms with E-state index in [9.17, 15) is 9.59 Å². The van der Waals surface area contributed by atoms with Crippen LogP contribution in [0.5, 0.6) is 11.5 Å². The first-order chi connectivity index (χ1) is 15.5. The fourth-order valence-electron chi connectivity index (χ4n) is 4.11. The zero-order valence-corrected chi connectivity index (χ0v) is 19.2. The smallest absolute Gasteiger partial charge is 0.329 e. The molecule has 3 amide bonds. The lowest BCUT2D eigenvalue weighted by atomic mass is 9.94. The molecule has 32 heavy (non-hydrogen) atoms. The predicted octanol–water partition coefficient (Wildman–Crippen LogP) is 5.81. The SMILES string of the molecule is COc1cc(/C=C2\NC(=O)N(C3CCCCC3)C2=O)cc(Cl)c1OCc1ccccc1Cl. The molecule has 0 bridgehead atoms. The molecular formula is C24H24Cl2N2O4. The Balaban J connectivity index is 1.55. The third-order valence-corrected chi connectivity index (χ3v) is 6.39. The number of halogens is 2. The van der Waals surface area contributed by atoms with Gasteiger partial charge in [-0.1, -0.05) is 60.7 Å². The molecule has 0 spiro atoms. The van der Waals surface area contributed by atoms with E-state index < -0.39 is 0 Å². The monoisotopic (exact) mass is 474 g/mol. The van der Waals surface area contributed by atoms with Crippen LogP contribution < -0.4 is 14.8 Å². The van der Waals surface area contributed by atoms with Gasteiger partial charge in [-0.15, -0.1) is 0 Å². The molecule has 2 aromatic rings. The Morgan fingerprint density at radius 3 is 2.56 bits per heavy atom. The minimum Gasteiger partial charge on any atom is -0.493 e. The van der Waals surface area contributed by atoms with Crippen LogP contribution in [0.4, 0.5) is 4.79 Å². The quantitative estimate of drug-likeness (QED) is 0.423. The number of imide groups is 1. The first-order valence-corrected chi connectivity index (χ1v) is 11.3. The highest BCUT2D eigenvalue weighted by atomic mass is 35.5. The highest BCUT2D eigenvalue weighted by molar-refractivity contribution is 6.32. The van der Waals surface area contributed by atoms with Crippen molar-refractivity contribution in [2.45, 2.75) is 44.8 Å². The zero-order chi connectivity index (χ0) is 22.7. The second-order valence-corrected chi connectivity index (χ2v) is 8.68. The second-order valence-electron chi connectivity index (χ2n) is 7.87. The van der Waals surface area contributed by atoms with Crippen molar-refractivity contribution in [3.63, 3.8) is 0 Å². The molecular weight excluding hydrogens is 451 g/mol. The van der Waals surface area contributed by atoms with Crippen LogP contribution in [0.2, 0.25) is 10.0 Å². The highest BCUT2D eigenvalue weighted by Gasteiger charge is 2.39. The molecule has 0 atom stereocenters. The Hall–Kier alpha value is -2.70. The number of carbonyl (C=O) groups excluding carboxylic acids is 2. The fraction of sp³-hybridized carbons (Fsp3) is 0.333. The van der Waals surface area contributed by atoms with Crippen LogP contribution in [-0.2, 0) is 11.4 Å². The maximum Gasteiger partial charge on any atom is 0.329 e. The summed E-state index contributed by atoms with van der Waals surface area (Å²) >= 11 is 12.7. The van der Waals surface area contributed by atoms with E-state index in [4.69, 9.17) is 32.7 Å². The molecule has 1 aliphatic heterocycles. The van der Waals surface area contributed by atoms with Crippen molar-refractivity contribution in [2.75, 3.05) is 7.11 Å². The normalized spacial score (nSPS) is 18.2. The average Bonchev–Trinajstić information content (AvgIpc) is 3.07. The van der Waals surface area contributed by atoms with Gasteiger partial charge in [-0.2, -0.15) is 0 Å². The van der Waals surface area contributed by atoms with Gasteiger partial charge in [0.2, 0.25) is 0 Å². The van der Waals surface area contributed by atoms with E-state index in [1.807, 2.05) is 18.2 Å². The maximum absolute atomic E-state index is 12.9. The third-order valence-electron chi connectivity index (χ3n) is 5.74. The topological polar surface area (TPSA) is 67.9 Å². The number of hydrogen-bond donors (Lipinski definition) is 1. The molecule has 0 unspecified atom stereocenters. The first kappa shape index (κ1) is 22.5. The minimum atomic E-state index is -0.370. The molecule has 1 saturated heterocycles. The highest BCUT2D eigenvalue weighted by Crippen LogP contribution is 2.38. The number of rotatable bonds is 6. The molecule has 0 aromatic heterocycles. The number of urea groups is 1. The molecule has 2 fully saturated rings. The van der Waals surface area contributed by atoms with Gasteiger partial charge in [-0.25, -0.2) is 4.79 Å². The number of hydrogen-bond acceptors (Lipinski definition) is 4. The van der Waals surface area contributed by atoms with Gasteiger partial charge < -0.3 is 14.8 Å². The van der Waals surface area contributed by atoms with Crippen LogP contribution in [0.3, 0.4) is 0 Å². The molecule has 6 nitrogen and oxygen atoms in total. The lowest BCUT2D eigenvalue weighted by Crippen LogP contribution is -2.41. The number of methoxy groups -OCH3 is 1.